The molecule has 1 aliphatic heterocycles. The van der Waals surface area contributed by atoms with Gasteiger partial charge in [-0.05, 0) is 18.4 Å². The van der Waals surface area contributed by atoms with Crippen LogP contribution in [0.1, 0.15) is 16.6 Å². The van der Waals surface area contributed by atoms with Crippen LogP contribution in [-0.4, -0.2) is 20.7 Å². The first-order valence-electron chi connectivity index (χ1n) is 4.80. The summed E-state index contributed by atoms with van der Waals surface area (Å²) in [7, 11) is 0. The first-order valence-corrected chi connectivity index (χ1v) is 9.01. The molecule has 1 aromatic heterocycles. The van der Waals surface area contributed by atoms with Crippen LogP contribution >= 0.6 is 57.5 Å². The number of rotatable bonds is 3. The Morgan fingerprint density at radius 2 is 2.50 bits per heavy atom. The van der Waals surface area contributed by atoms with E-state index in [4.69, 9.17) is 0 Å². The minimum atomic E-state index is 0.141. The molecule has 0 unspecified atom stereocenters. The van der Waals surface area contributed by atoms with E-state index < -0.39 is 0 Å². The lowest BCUT2D eigenvalue weighted by molar-refractivity contribution is 0.105. The van der Waals surface area contributed by atoms with Gasteiger partial charge >= 0.3 is 0 Å². The van der Waals surface area contributed by atoms with Gasteiger partial charge in [0.15, 0.2) is 5.78 Å². The minimum absolute atomic E-state index is 0.141. The van der Waals surface area contributed by atoms with Crippen molar-refractivity contribution < 1.29 is 4.79 Å². The molecule has 2 rings (SSSR count). The molecule has 5 heteroatoms. The lowest BCUT2D eigenvalue weighted by atomic mass is 10.2. The zero-order valence-electron chi connectivity index (χ0n) is 8.73. The highest BCUT2D eigenvalue weighted by molar-refractivity contribution is 14.1. The Labute approximate surface area is 122 Å². The van der Waals surface area contributed by atoms with E-state index in [1.807, 2.05) is 29.3 Å². The third kappa shape index (κ3) is 3.05. The second-order valence-electron chi connectivity index (χ2n) is 3.78. The van der Waals surface area contributed by atoms with Crippen LogP contribution in [0, 0.1) is 0 Å². The topological polar surface area (TPSA) is 17.1 Å². The normalized spacial score (nSPS) is 27.5. The van der Waals surface area contributed by atoms with E-state index in [2.05, 4.69) is 29.5 Å². The lowest BCUT2D eigenvalue weighted by Crippen LogP contribution is -2.20. The number of ketones is 1. The van der Waals surface area contributed by atoms with Gasteiger partial charge in [0.1, 0.15) is 0 Å². The summed E-state index contributed by atoms with van der Waals surface area (Å²) in [6.45, 7) is 2.26. The second-order valence-corrected chi connectivity index (χ2v) is 8.39. The first-order chi connectivity index (χ1) is 7.63. The molecule has 0 spiro atoms. The van der Waals surface area contributed by atoms with Crippen molar-refractivity contribution in [3.05, 3.63) is 32.7 Å². The number of thioether (sulfide) groups is 2. The van der Waals surface area contributed by atoms with Gasteiger partial charge in [-0.25, -0.2) is 0 Å². The highest BCUT2D eigenvalue weighted by Crippen LogP contribution is 2.49. The van der Waals surface area contributed by atoms with Crippen LogP contribution in [0.2, 0.25) is 0 Å². The third-order valence-corrected chi connectivity index (χ3v) is 8.32. The van der Waals surface area contributed by atoms with E-state index in [1.54, 1.807) is 17.8 Å². The van der Waals surface area contributed by atoms with Crippen LogP contribution in [0.4, 0.5) is 0 Å². The summed E-state index contributed by atoms with van der Waals surface area (Å²) in [6.07, 6.45) is 1.79. The Morgan fingerprint density at radius 3 is 3.06 bits per heavy atom. The standard InChI is InChI=1S/C11H11IOS3/c1-11(6-12)7-15-10(16-11)5-8(13)9-3-2-4-14-9/h2-5H,6-7H2,1H3/b10-5-/t11-/m1/s1. The summed E-state index contributed by atoms with van der Waals surface area (Å²) in [5.74, 6) is 1.24. The van der Waals surface area contributed by atoms with Gasteiger partial charge in [0, 0.05) is 25.2 Å². The Hall–Kier alpha value is 0.540. The van der Waals surface area contributed by atoms with E-state index in [-0.39, 0.29) is 5.78 Å². The van der Waals surface area contributed by atoms with Crippen molar-refractivity contribution in [3.8, 4) is 0 Å². The fourth-order valence-electron chi connectivity index (χ4n) is 1.26. The van der Waals surface area contributed by atoms with E-state index >= 15 is 0 Å². The molecule has 0 amide bonds. The first kappa shape index (κ1) is 13.0. The van der Waals surface area contributed by atoms with Crippen molar-refractivity contribution in [1.29, 1.82) is 0 Å². The molecule has 0 bridgehead atoms. The molecule has 2 heterocycles. The molecular formula is C11H11IOS3. The predicted octanol–water partition coefficient (Wildman–Crippen LogP) is 4.45. The number of halogens is 1. The molecule has 1 atom stereocenters. The molecule has 16 heavy (non-hydrogen) atoms. The summed E-state index contributed by atoms with van der Waals surface area (Å²) < 4.78 is 2.58. The van der Waals surface area contributed by atoms with Gasteiger partial charge in [0.05, 0.1) is 4.88 Å². The quantitative estimate of drug-likeness (QED) is 0.333. The van der Waals surface area contributed by atoms with Gasteiger partial charge in [-0.1, -0.05) is 28.7 Å². The van der Waals surface area contributed by atoms with Gasteiger partial charge in [-0.2, -0.15) is 0 Å². The highest BCUT2D eigenvalue weighted by Gasteiger charge is 2.32. The number of allylic oxidation sites excluding steroid dienone is 1. The van der Waals surface area contributed by atoms with Gasteiger partial charge < -0.3 is 0 Å². The molecule has 1 saturated heterocycles. The average molecular weight is 382 g/mol. The van der Waals surface area contributed by atoms with E-state index in [1.165, 1.54) is 11.3 Å². The van der Waals surface area contributed by atoms with Crippen LogP contribution in [0.5, 0.6) is 0 Å². The molecule has 1 nitrogen and oxygen atoms in total. The van der Waals surface area contributed by atoms with Crippen molar-refractivity contribution in [1.82, 2.24) is 0 Å². The number of thiophene rings is 1. The zero-order chi connectivity index (χ0) is 11.6. The van der Waals surface area contributed by atoms with Crippen LogP contribution in [0.3, 0.4) is 0 Å². The summed E-state index contributed by atoms with van der Waals surface area (Å²) in [6, 6.07) is 3.80. The maximum Gasteiger partial charge on any atom is 0.197 e. The summed E-state index contributed by atoms with van der Waals surface area (Å²) in [4.78, 5) is 12.7. The van der Waals surface area contributed by atoms with Gasteiger partial charge in [0.25, 0.3) is 0 Å². The maximum absolute atomic E-state index is 11.9. The van der Waals surface area contributed by atoms with E-state index in [0.717, 1.165) is 19.3 Å². The number of hydrogen-bond acceptors (Lipinski definition) is 4. The molecular weight excluding hydrogens is 371 g/mol. The summed E-state index contributed by atoms with van der Waals surface area (Å²) in [5, 5.41) is 1.94. The second kappa shape index (κ2) is 5.46. The molecule has 1 aliphatic rings. The molecule has 0 aromatic carbocycles. The molecule has 86 valence electrons. The zero-order valence-corrected chi connectivity index (χ0v) is 13.3. The van der Waals surface area contributed by atoms with Crippen molar-refractivity contribution >= 4 is 63.2 Å². The molecule has 1 fully saturated rings. The van der Waals surface area contributed by atoms with Crippen LogP contribution < -0.4 is 0 Å². The molecule has 0 aliphatic carbocycles. The van der Waals surface area contributed by atoms with Crippen molar-refractivity contribution in [2.45, 2.75) is 11.7 Å². The van der Waals surface area contributed by atoms with Crippen LogP contribution in [0.25, 0.3) is 0 Å². The van der Waals surface area contributed by atoms with Gasteiger partial charge in [0.2, 0.25) is 0 Å². The molecule has 0 N–H and O–H groups in total. The van der Waals surface area contributed by atoms with Gasteiger partial charge in [-0.15, -0.1) is 34.9 Å². The third-order valence-electron chi connectivity index (χ3n) is 2.16. The monoisotopic (exact) mass is 382 g/mol. The van der Waals surface area contributed by atoms with Crippen molar-refractivity contribution in [2.75, 3.05) is 10.2 Å². The van der Waals surface area contributed by atoms with E-state index in [9.17, 15) is 4.79 Å². The Balaban J connectivity index is 2.07. The largest absolute Gasteiger partial charge is 0.288 e. The Bertz CT molecular complexity index is 413. The highest BCUT2D eigenvalue weighted by atomic mass is 127. The number of hydrogen-bond donors (Lipinski definition) is 0. The van der Waals surface area contributed by atoms with Gasteiger partial charge in [-0.3, -0.25) is 4.79 Å². The predicted molar refractivity (Wildman–Crippen MR) is 84.1 cm³/mol. The van der Waals surface area contributed by atoms with Crippen molar-refractivity contribution in [3.63, 3.8) is 0 Å². The Kier molecular flexibility index (Phi) is 4.43. The SMILES string of the molecule is C[C@@]1(CI)CS/C(=C/C(=O)c2cccs2)S1. The molecule has 0 saturated carbocycles. The summed E-state index contributed by atoms with van der Waals surface area (Å²) in [5.41, 5.74) is 0. The average Bonchev–Trinajstić information content (AvgIpc) is 2.88. The molecule has 0 radical (unpaired) electrons. The van der Waals surface area contributed by atoms with Crippen LogP contribution in [-0.2, 0) is 0 Å². The number of carbonyl (C=O) groups is 1. The van der Waals surface area contributed by atoms with Crippen LogP contribution in [0.15, 0.2) is 27.8 Å². The smallest absolute Gasteiger partial charge is 0.197 e. The Morgan fingerprint density at radius 1 is 1.69 bits per heavy atom. The minimum Gasteiger partial charge on any atom is -0.288 e. The fraction of sp³-hybridized carbons (Fsp3) is 0.364. The van der Waals surface area contributed by atoms with E-state index in [0.29, 0.717) is 4.75 Å². The lowest BCUT2D eigenvalue weighted by Gasteiger charge is -2.16. The number of carbonyl (C=O) groups excluding carboxylic acids is 1. The fourth-order valence-corrected chi connectivity index (χ4v) is 5.87. The molecule has 1 aromatic rings. The van der Waals surface area contributed by atoms with Crippen molar-refractivity contribution in [2.24, 2.45) is 0 Å². The summed E-state index contributed by atoms with van der Waals surface area (Å²) >= 11 is 7.56. The maximum atomic E-state index is 11.9. The number of alkyl halides is 1.